The number of hydrogen-bond acceptors (Lipinski definition) is 6. The van der Waals surface area contributed by atoms with Crippen LogP contribution in [0.5, 0.6) is 0 Å². The second-order valence-electron chi connectivity index (χ2n) is 5.41. The lowest BCUT2D eigenvalue weighted by Crippen LogP contribution is -2.21. The number of carbonyl (C=O) groups is 1. The van der Waals surface area contributed by atoms with Crippen LogP contribution in [0.4, 0.5) is 5.82 Å². The van der Waals surface area contributed by atoms with Crippen molar-refractivity contribution in [3.8, 4) is 0 Å². The van der Waals surface area contributed by atoms with E-state index in [0.29, 0.717) is 29.9 Å². The minimum absolute atomic E-state index is 0.335. The molecule has 1 fully saturated rings. The molecular formula is C15H21N5O2. The molecule has 3 heterocycles. The van der Waals surface area contributed by atoms with Gasteiger partial charge in [0.05, 0.1) is 12.3 Å². The molecule has 7 nitrogen and oxygen atoms in total. The highest BCUT2D eigenvalue weighted by Crippen LogP contribution is 2.30. The molecule has 0 aliphatic carbocycles. The van der Waals surface area contributed by atoms with Crippen molar-refractivity contribution >= 4 is 22.8 Å². The van der Waals surface area contributed by atoms with E-state index in [2.05, 4.69) is 20.2 Å². The summed E-state index contributed by atoms with van der Waals surface area (Å²) in [5.41, 5.74) is 2.57. The number of ether oxygens (including phenoxy) is 1. The number of carbonyl (C=O) groups excluding carboxylic acids is 1. The summed E-state index contributed by atoms with van der Waals surface area (Å²) in [5.74, 6) is 0.472. The zero-order valence-electron chi connectivity index (χ0n) is 13.3. The summed E-state index contributed by atoms with van der Waals surface area (Å²) in [5, 5.41) is 8.46. The van der Waals surface area contributed by atoms with E-state index in [9.17, 15) is 4.79 Å². The van der Waals surface area contributed by atoms with Crippen molar-refractivity contribution < 1.29 is 9.53 Å². The summed E-state index contributed by atoms with van der Waals surface area (Å²) in [6.45, 7) is 8.55. The van der Waals surface area contributed by atoms with E-state index in [-0.39, 0.29) is 5.97 Å². The topological polar surface area (TPSA) is 73.1 Å². The Hall–Kier alpha value is -2.18. The third-order valence-corrected chi connectivity index (χ3v) is 4.00. The Labute approximate surface area is 129 Å². The van der Waals surface area contributed by atoms with Gasteiger partial charge in [0, 0.05) is 19.6 Å². The van der Waals surface area contributed by atoms with E-state index >= 15 is 0 Å². The highest BCUT2D eigenvalue weighted by atomic mass is 16.5. The normalized spacial score (nSPS) is 14.8. The van der Waals surface area contributed by atoms with Crippen molar-refractivity contribution in [2.75, 3.05) is 24.6 Å². The number of nitrogens with zero attached hydrogens (tertiary/aromatic N) is 5. The van der Waals surface area contributed by atoms with Crippen LogP contribution in [0.25, 0.3) is 11.0 Å². The Morgan fingerprint density at radius 3 is 2.64 bits per heavy atom. The van der Waals surface area contributed by atoms with Crippen LogP contribution in [0.15, 0.2) is 0 Å². The van der Waals surface area contributed by atoms with Gasteiger partial charge in [0.2, 0.25) is 0 Å². The van der Waals surface area contributed by atoms with E-state index < -0.39 is 0 Å². The first-order chi connectivity index (χ1) is 10.7. The summed E-state index contributed by atoms with van der Waals surface area (Å²) < 4.78 is 6.94. The van der Waals surface area contributed by atoms with Gasteiger partial charge in [-0.3, -0.25) is 0 Å². The third kappa shape index (κ3) is 2.30. The Kier molecular flexibility index (Phi) is 3.96. The zero-order chi connectivity index (χ0) is 15.7. The standard InChI is InChI=1S/C15H21N5O2/c1-4-20-13-11(15(21)22-5-2)10(3)16-14(12(13)17-18-20)19-8-6-7-9-19/h4-9H2,1-3H3. The largest absolute Gasteiger partial charge is 0.462 e. The van der Waals surface area contributed by atoms with Crippen LogP contribution in [0.3, 0.4) is 0 Å². The Balaban J connectivity index is 2.23. The van der Waals surface area contributed by atoms with E-state index in [4.69, 9.17) is 4.74 Å². The first kappa shape index (κ1) is 14.7. The van der Waals surface area contributed by atoms with Gasteiger partial charge < -0.3 is 9.64 Å². The number of aryl methyl sites for hydroxylation is 2. The van der Waals surface area contributed by atoms with Crippen LogP contribution in [0, 0.1) is 6.92 Å². The molecule has 0 amide bonds. The summed E-state index contributed by atoms with van der Waals surface area (Å²) in [6.07, 6.45) is 2.31. The van der Waals surface area contributed by atoms with Gasteiger partial charge in [-0.2, -0.15) is 0 Å². The van der Waals surface area contributed by atoms with Crippen molar-refractivity contribution in [2.24, 2.45) is 0 Å². The molecule has 2 aromatic heterocycles. The molecule has 0 unspecified atom stereocenters. The minimum atomic E-state index is -0.359. The van der Waals surface area contributed by atoms with Gasteiger partial charge >= 0.3 is 5.97 Å². The van der Waals surface area contributed by atoms with Crippen molar-refractivity contribution in [2.45, 2.75) is 40.2 Å². The lowest BCUT2D eigenvalue weighted by molar-refractivity contribution is 0.0527. The second-order valence-corrected chi connectivity index (χ2v) is 5.41. The molecule has 0 saturated carbocycles. The number of pyridine rings is 1. The van der Waals surface area contributed by atoms with Crippen molar-refractivity contribution in [3.63, 3.8) is 0 Å². The molecular weight excluding hydrogens is 282 g/mol. The van der Waals surface area contributed by atoms with E-state index in [1.54, 1.807) is 11.6 Å². The van der Waals surface area contributed by atoms with Gasteiger partial charge in [-0.1, -0.05) is 5.21 Å². The molecule has 1 aliphatic rings. The number of rotatable bonds is 4. The van der Waals surface area contributed by atoms with Gasteiger partial charge in [0.25, 0.3) is 0 Å². The molecule has 1 saturated heterocycles. The Bertz CT molecular complexity index is 704. The maximum atomic E-state index is 12.3. The molecule has 3 rings (SSSR count). The van der Waals surface area contributed by atoms with Crippen molar-refractivity contribution in [1.29, 1.82) is 0 Å². The molecule has 7 heteroatoms. The Morgan fingerprint density at radius 2 is 2.00 bits per heavy atom. The summed E-state index contributed by atoms with van der Waals surface area (Å²) in [7, 11) is 0. The fraction of sp³-hybridized carbons (Fsp3) is 0.600. The van der Waals surface area contributed by atoms with Gasteiger partial charge in [-0.15, -0.1) is 5.10 Å². The van der Waals surface area contributed by atoms with Gasteiger partial charge in [0.1, 0.15) is 11.1 Å². The first-order valence-electron chi connectivity index (χ1n) is 7.83. The van der Waals surface area contributed by atoms with Crippen LogP contribution in [0.1, 0.15) is 42.7 Å². The van der Waals surface area contributed by atoms with Crippen LogP contribution in [0.2, 0.25) is 0 Å². The predicted octanol–water partition coefficient (Wildman–Crippen LogP) is 1.93. The average Bonchev–Trinajstić information content (AvgIpc) is 3.16. The van der Waals surface area contributed by atoms with Crippen LogP contribution in [-0.4, -0.2) is 45.6 Å². The van der Waals surface area contributed by atoms with Gasteiger partial charge in [-0.05, 0) is 33.6 Å². The Morgan fingerprint density at radius 1 is 1.27 bits per heavy atom. The smallest absolute Gasteiger partial charge is 0.342 e. The maximum Gasteiger partial charge on any atom is 0.342 e. The fourth-order valence-electron chi connectivity index (χ4n) is 2.97. The second kappa shape index (κ2) is 5.90. The lowest BCUT2D eigenvalue weighted by Gasteiger charge is -2.18. The summed E-state index contributed by atoms with van der Waals surface area (Å²) in [4.78, 5) is 19.2. The number of aromatic nitrogens is 4. The van der Waals surface area contributed by atoms with Crippen molar-refractivity contribution in [3.05, 3.63) is 11.3 Å². The third-order valence-electron chi connectivity index (χ3n) is 4.00. The van der Waals surface area contributed by atoms with Crippen molar-refractivity contribution in [1.82, 2.24) is 20.0 Å². The predicted molar refractivity (Wildman–Crippen MR) is 83.1 cm³/mol. The summed E-state index contributed by atoms with van der Waals surface area (Å²) in [6, 6.07) is 0. The molecule has 118 valence electrons. The molecule has 0 aromatic carbocycles. The summed E-state index contributed by atoms with van der Waals surface area (Å²) >= 11 is 0. The molecule has 0 spiro atoms. The monoisotopic (exact) mass is 303 g/mol. The molecule has 22 heavy (non-hydrogen) atoms. The molecule has 0 bridgehead atoms. The fourth-order valence-corrected chi connectivity index (χ4v) is 2.97. The zero-order valence-corrected chi connectivity index (χ0v) is 13.3. The van der Waals surface area contributed by atoms with Gasteiger partial charge in [0.15, 0.2) is 11.3 Å². The van der Waals surface area contributed by atoms with E-state index in [1.165, 1.54) is 0 Å². The number of anilines is 1. The molecule has 2 aromatic rings. The lowest BCUT2D eigenvalue weighted by atomic mass is 10.1. The molecule has 0 N–H and O–H groups in total. The average molecular weight is 303 g/mol. The maximum absolute atomic E-state index is 12.3. The minimum Gasteiger partial charge on any atom is -0.462 e. The van der Waals surface area contributed by atoms with Crippen LogP contribution in [-0.2, 0) is 11.3 Å². The number of esters is 1. The van der Waals surface area contributed by atoms with E-state index in [0.717, 1.165) is 37.3 Å². The number of fused-ring (bicyclic) bond motifs is 1. The highest BCUT2D eigenvalue weighted by molar-refractivity contribution is 6.05. The highest BCUT2D eigenvalue weighted by Gasteiger charge is 2.26. The number of hydrogen-bond donors (Lipinski definition) is 0. The van der Waals surface area contributed by atoms with Crippen LogP contribution < -0.4 is 4.90 Å². The quantitative estimate of drug-likeness (QED) is 0.804. The molecule has 0 radical (unpaired) electrons. The van der Waals surface area contributed by atoms with Crippen LogP contribution >= 0.6 is 0 Å². The first-order valence-corrected chi connectivity index (χ1v) is 7.83. The molecule has 1 aliphatic heterocycles. The molecule has 0 atom stereocenters. The van der Waals surface area contributed by atoms with Gasteiger partial charge in [-0.25, -0.2) is 14.5 Å². The van der Waals surface area contributed by atoms with E-state index in [1.807, 2.05) is 13.8 Å². The SMILES string of the molecule is CCOC(=O)c1c(C)nc(N2CCCC2)c2nnn(CC)c12.